The van der Waals surface area contributed by atoms with Gasteiger partial charge in [0, 0.05) is 12.5 Å². The van der Waals surface area contributed by atoms with E-state index in [1.54, 1.807) is 7.11 Å². The van der Waals surface area contributed by atoms with Gasteiger partial charge < -0.3 is 14.6 Å². The number of rotatable bonds is 1. The summed E-state index contributed by atoms with van der Waals surface area (Å²) in [6, 6.07) is 1.45. The van der Waals surface area contributed by atoms with Crippen LogP contribution in [0.4, 0.5) is 0 Å². The van der Waals surface area contributed by atoms with Crippen LogP contribution in [0.3, 0.4) is 0 Å². The molecule has 2 rings (SSSR count). The Bertz CT molecular complexity index is 451. The first-order chi connectivity index (χ1) is 7.54. The van der Waals surface area contributed by atoms with Crippen LogP contribution < -0.4 is 4.74 Å². The van der Waals surface area contributed by atoms with Crippen molar-refractivity contribution in [2.45, 2.75) is 26.4 Å². The number of phenolic OH excluding ortho intramolecular Hbond substituents is 1. The fourth-order valence-corrected chi connectivity index (χ4v) is 2.06. The zero-order valence-corrected chi connectivity index (χ0v) is 9.53. The van der Waals surface area contributed by atoms with Gasteiger partial charge in [-0.1, -0.05) is 0 Å². The fourth-order valence-electron chi connectivity index (χ4n) is 2.06. The first-order valence-corrected chi connectivity index (χ1v) is 5.15. The minimum Gasteiger partial charge on any atom is -0.507 e. The van der Waals surface area contributed by atoms with Crippen LogP contribution in [-0.4, -0.2) is 24.3 Å². The maximum atomic E-state index is 11.6. The van der Waals surface area contributed by atoms with E-state index in [0.29, 0.717) is 12.2 Å². The van der Waals surface area contributed by atoms with Gasteiger partial charge in [0.15, 0.2) is 0 Å². The van der Waals surface area contributed by atoms with Crippen LogP contribution in [-0.2, 0) is 11.2 Å². The van der Waals surface area contributed by atoms with E-state index >= 15 is 0 Å². The first kappa shape index (κ1) is 10.8. The molecule has 1 heterocycles. The van der Waals surface area contributed by atoms with Crippen LogP contribution in [0.25, 0.3) is 0 Å². The second-order valence-corrected chi connectivity index (χ2v) is 4.00. The van der Waals surface area contributed by atoms with Crippen molar-refractivity contribution in [2.24, 2.45) is 0 Å². The Balaban J connectivity index is 2.66. The van der Waals surface area contributed by atoms with Crippen LogP contribution in [0.15, 0.2) is 6.07 Å². The quantitative estimate of drug-likeness (QED) is 0.736. The van der Waals surface area contributed by atoms with E-state index in [4.69, 9.17) is 9.47 Å². The molecule has 0 saturated heterocycles. The third kappa shape index (κ3) is 1.50. The summed E-state index contributed by atoms with van der Waals surface area (Å²) in [6.07, 6.45) is 0.447. The molecule has 0 aliphatic carbocycles. The normalized spacial score (nSPS) is 18.9. The minimum absolute atomic E-state index is 0.0747. The minimum atomic E-state index is -0.461. The summed E-state index contributed by atoms with van der Waals surface area (Å²) in [7, 11) is 1.54. The molecule has 1 N–H and O–H groups in total. The van der Waals surface area contributed by atoms with Gasteiger partial charge in [-0.05, 0) is 25.0 Å². The molecule has 1 aromatic carbocycles. The average molecular weight is 222 g/mol. The number of esters is 1. The highest BCUT2D eigenvalue weighted by molar-refractivity contribution is 5.96. The highest BCUT2D eigenvalue weighted by atomic mass is 16.5. The molecular formula is C12H14O4. The predicted molar refractivity (Wildman–Crippen MR) is 58.0 cm³/mol. The number of carbonyl (C=O) groups excluding carboxylic acids is 1. The van der Waals surface area contributed by atoms with Crippen LogP contribution >= 0.6 is 0 Å². The second kappa shape index (κ2) is 3.70. The van der Waals surface area contributed by atoms with Gasteiger partial charge in [0.25, 0.3) is 0 Å². The Morgan fingerprint density at radius 3 is 2.88 bits per heavy atom. The van der Waals surface area contributed by atoms with Crippen molar-refractivity contribution >= 4 is 5.97 Å². The lowest BCUT2D eigenvalue weighted by atomic mass is 9.93. The van der Waals surface area contributed by atoms with Crippen LogP contribution in [0.2, 0.25) is 0 Å². The molecule has 0 amide bonds. The van der Waals surface area contributed by atoms with E-state index in [1.807, 2.05) is 13.8 Å². The van der Waals surface area contributed by atoms with E-state index in [-0.39, 0.29) is 17.4 Å². The Kier molecular flexibility index (Phi) is 2.50. The molecule has 16 heavy (non-hydrogen) atoms. The average Bonchev–Trinajstić information content (AvgIpc) is 2.22. The van der Waals surface area contributed by atoms with Crippen LogP contribution in [0, 0.1) is 6.92 Å². The first-order valence-electron chi connectivity index (χ1n) is 5.15. The molecule has 0 fully saturated rings. The summed E-state index contributed by atoms with van der Waals surface area (Å²) in [4.78, 5) is 11.6. The lowest BCUT2D eigenvalue weighted by molar-refractivity contribution is 0.0296. The van der Waals surface area contributed by atoms with Crippen molar-refractivity contribution in [3.05, 3.63) is 22.8 Å². The van der Waals surface area contributed by atoms with Gasteiger partial charge in [-0.3, -0.25) is 0 Å². The predicted octanol–water partition coefficient (Wildman–Crippen LogP) is 1.81. The molecule has 86 valence electrons. The van der Waals surface area contributed by atoms with Gasteiger partial charge in [0.05, 0.1) is 7.11 Å². The van der Waals surface area contributed by atoms with Crippen LogP contribution in [0.1, 0.15) is 28.4 Å². The van der Waals surface area contributed by atoms with Crippen molar-refractivity contribution in [3.8, 4) is 11.5 Å². The molecular weight excluding hydrogens is 208 g/mol. The Morgan fingerprint density at radius 1 is 1.56 bits per heavy atom. The van der Waals surface area contributed by atoms with E-state index < -0.39 is 5.97 Å². The van der Waals surface area contributed by atoms with E-state index in [1.165, 1.54) is 6.07 Å². The van der Waals surface area contributed by atoms with Crippen molar-refractivity contribution < 1.29 is 19.4 Å². The van der Waals surface area contributed by atoms with Crippen molar-refractivity contribution in [1.29, 1.82) is 0 Å². The van der Waals surface area contributed by atoms with E-state index in [9.17, 15) is 9.90 Å². The van der Waals surface area contributed by atoms with Gasteiger partial charge in [0.2, 0.25) is 0 Å². The smallest absolute Gasteiger partial charge is 0.342 e. The number of methoxy groups -OCH3 is 1. The van der Waals surface area contributed by atoms with Gasteiger partial charge in [-0.2, -0.15) is 0 Å². The van der Waals surface area contributed by atoms with Crippen LogP contribution in [0.5, 0.6) is 11.5 Å². The number of benzene rings is 1. The molecule has 1 aliphatic heterocycles. The zero-order valence-electron chi connectivity index (χ0n) is 9.53. The Labute approximate surface area is 93.8 Å². The van der Waals surface area contributed by atoms with Crippen molar-refractivity contribution in [1.82, 2.24) is 0 Å². The summed E-state index contributed by atoms with van der Waals surface area (Å²) < 4.78 is 10.2. The molecule has 0 spiro atoms. The molecule has 4 nitrogen and oxygen atoms in total. The van der Waals surface area contributed by atoms with Gasteiger partial charge in [0.1, 0.15) is 23.2 Å². The molecule has 4 heteroatoms. The van der Waals surface area contributed by atoms with E-state index in [2.05, 4.69) is 0 Å². The van der Waals surface area contributed by atoms with Crippen molar-refractivity contribution in [2.75, 3.05) is 7.11 Å². The van der Waals surface area contributed by atoms with E-state index in [0.717, 1.165) is 11.1 Å². The number of phenols is 1. The summed E-state index contributed by atoms with van der Waals surface area (Å²) in [5.74, 6) is 0.0597. The summed E-state index contributed by atoms with van der Waals surface area (Å²) >= 11 is 0. The lowest BCUT2D eigenvalue weighted by Crippen LogP contribution is -2.26. The number of cyclic esters (lactones) is 1. The molecule has 1 atom stereocenters. The van der Waals surface area contributed by atoms with Gasteiger partial charge in [-0.15, -0.1) is 0 Å². The summed E-state index contributed by atoms with van der Waals surface area (Å²) in [6.45, 7) is 3.71. The topological polar surface area (TPSA) is 55.8 Å². The Morgan fingerprint density at radius 2 is 2.25 bits per heavy atom. The molecule has 0 bridgehead atoms. The summed E-state index contributed by atoms with van der Waals surface area (Å²) in [5.41, 5.74) is 1.98. The molecule has 0 radical (unpaired) electrons. The highest BCUT2D eigenvalue weighted by Crippen LogP contribution is 2.36. The molecule has 1 aromatic rings. The SMILES string of the molecule is COc1cc(O)c2c(c1C)C[C@H](C)OC2=O. The monoisotopic (exact) mass is 222 g/mol. The largest absolute Gasteiger partial charge is 0.507 e. The second-order valence-electron chi connectivity index (χ2n) is 4.00. The molecule has 0 aromatic heterocycles. The number of hydrogen-bond donors (Lipinski definition) is 1. The third-order valence-corrected chi connectivity index (χ3v) is 2.87. The number of carbonyl (C=O) groups is 1. The zero-order chi connectivity index (χ0) is 11.9. The molecule has 1 aliphatic rings. The number of hydrogen-bond acceptors (Lipinski definition) is 4. The van der Waals surface area contributed by atoms with Gasteiger partial charge >= 0.3 is 5.97 Å². The molecule has 0 unspecified atom stereocenters. The lowest BCUT2D eigenvalue weighted by Gasteiger charge is -2.24. The Hall–Kier alpha value is -1.71. The maximum absolute atomic E-state index is 11.6. The highest BCUT2D eigenvalue weighted by Gasteiger charge is 2.29. The summed E-state index contributed by atoms with van der Waals surface area (Å²) in [5, 5.41) is 9.77. The van der Waals surface area contributed by atoms with Crippen molar-refractivity contribution in [3.63, 3.8) is 0 Å². The fraction of sp³-hybridized carbons (Fsp3) is 0.417. The third-order valence-electron chi connectivity index (χ3n) is 2.87. The number of aromatic hydroxyl groups is 1. The molecule has 0 saturated carbocycles. The number of fused-ring (bicyclic) bond motifs is 1. The number of ether oxygens (including phenoxy) is 2. The standard InChI is InChI=1S/C12H14O4/c1-6-4-8-7(2)10(15-3)5-9(13)11(8)12(14)16-6/h5-6,13H,4H2,1-3H3/t6-/m0/s1. The van der Waals surface area contributed by atoms with Gasteiger partial charge in [-0.25, -0.2) is 4.79 Å². The maximum Gasteiger partial charge on any atom is 0.342 e.